The molecule has 1 aromatic carbocycles. The predicted molar refractivity (Wildman–Crippen MR) is 103 cm³/mol. The van der Waals surface area contributed by atoms with Crippen LogP contribution in [0.3, 0.4) is 0 Å². The van der Waals surface area contributed by atoms with Crippen LogP contribution in [0.15, 0.2) is 41.5 Å². The molecule has 0 radical (unpaired) electrons. The van der Waals surface area contributed by atoms with Crippen LogP contribution in [-0.2, 0) is 11.2 Å². The maximum atomic E-state index is 12.1. The first-order valence-corrected chi connectivity index (χ1v) is 9.05. The van der Waals surface area contributed by atoms with Gasteiger partial charge in [0.05, 0.1) is 0 Å². The van der Waals surface area contributed by atoms with Crippen LogP contribution in [0.25, 0.3) is 0 Å². The molecular weight excluding hydrogens is 330 g/mol. The summed E-state index contributed by atoms with van der Waals surface area (Å²) in [4.78, 5) is 35.0. The van der Waals surface area contributed by atoms with Crippen molar-refractivity contribution in [3.8, 4) is 0 Å². The Labute approximate surface area is 153 Å². The molecule has 26 heavy (non-hydrogen) atoms. The third kappa shape index (κ3) is 4.70. The third-order valence-corrected chi connectivity index (χ3v) is 4.66. The number of nitrogens with one attached hydrogen (secondary N) is 2. The largest absolute Gasteiger partial charge is 0.349 e. The van der Waals surface area contributed by atoms with E-state index >= 15 is 0 Å². The van der Waals surface area contributed by atoms with Gasteiger partial charge >= 0.3 is 0 Å². The van der Waals surface area contributed by atoms with E-state index in [1.54, 1.807) is 6.20 Å². The molecule has 2 N–H and O–H groups in total. The van der Waals surface area contributed by atoms with E-state index in [4.69, 9.17) is 0 Å². The highest BCUT2D eigenvalue weighted by Gasteiger charge is 2.20. The maximum absolute atomic E-state index is 12.1. The fraction of sp³-hybridized carbons (Fsp3) is 0.421. The van der Waals surface area contributed by atoms with Crippen molar-refractivity contribution in [1.29, 1.82) is 0 Å². The summed E-state index contributed by atoms with van der Waals surface area (Å²) in [5.41, 5.74) is 1.94. The Bertz CT molecular complexity index is 779. The molecule has 0 saturated carbocycles. The Kier molecular flexibility index (Phi) is 6.01. The minimum atomic E-state index is -0.158. The van der Waals surface area contributed by atoms with E-state index in [0.29, 0.717) is 18.8 Å². The number of aromatic amines is 1. The van der Waals surface area contributed by atoms with Crippen molar-refractivity contribution < 1.29 is 4.79 Å². The van der Waals surface area contributed by atoms with Crippen molar-refractivity contribution in [2.24, 2.45) is 0 Å². The summed E-state index contributed by atoms with van der Waals surface area (Å²) in [6, 6.07) is 7.96. The van der Waals surface area contributed by atoms with E-state index in [9.17, 15) is 9.59 Å². The molecular formula is C19H25N5O2. The zero-order chi connectivity index (χ0) is 18.4. The topological polar surface area (TPSA) is 81.3 Å². The van der Waals surface area contributed by atoms with E-state index in [0.717, 1.165) is 38.3 Å². The van der Waals surface area contributed by atoms with E-state index in [1.807, 2.05) is 29.2 Å². The van der Waals surface area contributed by atoms with Crippen molar-refractivity contribution in [2.45, 2.75) is 19.8 Å². The van der Waals surface area contributed by atoms with E-state index in [-0.39, 0.29) is 11.5 Å². The average molecular weight is 355 g/mol. The number of rotatable bonds is 6. The van der Waals surface area contributed by atoms with Gasteiger partial charge < -0.3 is 15.2 Å². The zero-order valence-electron chi connectivity index (χ0n) is 15.1. The van der Waals surface area contributed by atoms with Gasteiger partial charge in [0.25, 0.3) is 5.56 Å². The summed E-state index contributed by atoms with van der Waals surface area (Å²) in [5.74, 6) is 0.498. The third-order valence-electron chi connectivity index (χ3n) is 4.66. The summed E-state index contributed by atoms with van der Waals surface area (Å²) in [7, 11) is 0. The first kappa shape index (κ1) is 18.1. The molecule has 2 heterocycles. The minimum absolute atomic E-state index is 0.0258. The van der Waals surface area contributed by atoms with Crippen molar-refractivity contribution in [2.75, 3.05) is 42.9 Å². The summed E-state index contributed by atoms with van der Waals surface area (Å²) in [6.07, 6.45) is 4.58. The lowest BCUT2D eigenvalue weighted by Crippen LogP contribution is -2.48. The number of benzene rings is 1. The van der Waals surface area contributed by atoms with Gasteiger partial charge in [-0.15, -0.1) is 0 Å². The smallest absolute Gasteiger partial charge is 0.290 e. The summed E-state index contributed by atoms with van der Waals surface area (Å²) < 4.78 is 0. The first-order chi connectivity index (χ1) is 12.7. The molecule has 0 spiro atoms. The lowest BCUT2D eigenvalue weighted by molar-refractivity contribution is -0.116. The molecule has 0 unspecified atom stereocenters. The van der Waals surface area contributed by atoms with Crippen LogP contribution in [-0.4, -0.2) is 53.5 Å². The summed E-state index contributed by atoms with van der Waals surface area (Å²) >= 11 is 0. The van der Waals surface area contributed by atoms with Gasteiger partial charge in [0.2, 0.25) is 5.91 Å². The maximum Gasteiger partial charge on any atom is 0.290 e. The Morgan fingerprint density at radius 3 is 2.58 bits per heavy atom. The van der Waals surface area contributed by atoms with Crippen molar-refractivity contribution in [1.82, 2.24) is 14.9 Å². The van der Waals surface area contributed by atoms with Crippen LogP contribution in [0.1, 0.15) is 18.9 Å². The predicted octanol–water partition coefficient (Wildman–Crippen LogP) is 1.48. The zero-order valence-corrected chi connectivity index (χ0v) is 15.1. The minimum Gasteiger partial charge on any atom is -0.349 e. The number of aryl methyl sites for hydroxylation is 1. The molecule has 7 heteroatoms. The van der Waals surface area contributed by atoms with Crippen molar-refractivity contribution >= 4 is 17.4 Å². The Hall–Kier alpha value is -2.67. The lowest BCUT2D eigenvalue weighted by Gasteiger charge is -2.34. The SMILES string of the molecule is CCc1ccc(NC(=O)CCN2CCN(c3ncc[nH]c3=O)CC2)cc1. The van der Waals surface area contributed by atoms with Crippen LogP contribution >= 0.6 is 0 Å². The van der Waals surface area contributed by atoms with Crippen LogP contribution in [0.5, 0.6) is 0 Å². The number of amides is 1. The van der Waals surface area contributed by atoms with Crippen molar-refractivity contribution in [3.63, 3.8) is 0 Å². The van der Waals surface area contributed by atoms with Crippen LogP contribution in [0.2, 0.25) is 0 Å². The molecule has 1 aromatic heterocycles. The standard InChI is InChI=1S/C19H25N5O2/c1-2-15-3-5-16(6-4-15)22-17(25)7-10-23-11-13-24(14-12-23)18-19(26)21-9-8-20-18/h3-6,8-9H,2,7,10-14H2,1H3,(H,21,26)(H,22,25). The molecule has 1 aliphatic heterocycles. The lowest BCUT2D eigenvalue weighted by atomic mass is 10.1. The van der Waals surface area contributed by atoms with Gasteiger partial charge in [0, 0.05) is 57.2 Å². The number of hydrogen-bond donors (Lipinski definition) is 2. The van der Waals surface area contributed by atoms with Gasteiger partial charge in [-0.2, -0.15) is 0 Å². The number of nitrogens with zero attached hydrogens (tertiary/aromatic N) is 3. The number of carbonyl (C=O) groups excluding carboxylic acids is 1. The molecule has 1 amide bonds. The molecule has 1 saturated heterocycles. The van der Waals surface area contributed by atoms with Gasteiger partial charge in [-0.3, -0.25) is 14.5 Å². The first-order valence-electron chi connectivity index (χ1n) is 9.05. The fourth-order valence-electron chi connectivity index (χ4n) is 3.06. The second-order valence-electron chi connectivity index (χ2n) is 6.42. The number of H-pyrrole nitrogens is 1. The number of piperazine rings is 1. The van der Waals surface area contributed by atoms with Gasteiger partial charge in [0.1, 0.15) is 0 Å². The Morgan fingerprint density at radius 2 is 1.92 bits per heavy atom. The van der Waals surface area contributed by atoms with Gasteiger partial charge in [-0.1, -0.05) is 19.1 Å². The quantitative estimate of drug-likeness (QED) is 0.820. The van der Waals surface area contributed by atoms with E-state index < -0.39 is 0 Å². The van der Waals surface area contributed by atoms with Crippen molar-refractivity contribution in [3.05, 3.63) is 52.6 Å². The van der Waals surface area contributed by atoms with Crippen LogP contribution in [0.4, 0.5) is 11.5 Å². The average Bonchev–Trinajstić information content (AvgIpc) is 2.68. The second-order valence-corrected chi connectivity index (χ2v) is 6.42. The van der Waals surface area contributed by atoms with Crippen LogP contribution < -0.4 is 15.8 Å². The molecule has 0 aliphatic carbocycles. The highest BCUT2D eigenvalue weighted by Crippen LogP contribution is 2.11. The molecule has 1 aliphatic rings. The molecule has 3 rings (SSSR count). The molecule has 7 nitrogen and oxygen atoms in total. The highest BCUT2D eigenvalue weighted by atomic mass is 16.1. The fourth-order valence-corrected chi connectivity index (χ4v) is 3.06. The second kappa shape index (κ2) is 8.62. The highest BCUT2D eigenvalue weighted by molar-refractivity contribution is 5.90. The van der Waals surface area contributed by atoms with Gasteiger partial charge in [0.15, 0.2) is 5.82 Å². The number of carbonyl (C=O) groups is 1. The summed E-state index contributed by atoms with van der Waals surface area (Å²) in [6.45, 7) is 5.92. The molecule has 138 valence electrons. The number of aromatic nitrogens is 2. The summed E-state index contributed by atoms with van der Waals surface area (Å²) in [5, 5.41) is 2.94. The van der Waals surface area contributed by atoms with Crippen LogP contribution in [0, 0.1) is 0 Å². The number of anilines is 2. The Balaban J connectivity index is 1.42. The van der Waals surface area contributed by atoms with Gasteiger partial charge in [-0.05, 0) is 24.1 Å². The monoisotopic (exact) mass is 355 g/mol. The Morgan fingerprint density at radius 1 is 1.19 bits per heavy atom. The molecule has 0 bridgehead atoms. The molecule has 1 fully saturated rings. The van der Waals surface area contributed by atoms with Gasteiger partial charge in [-0.25, -0.2) is 4.98 Å². The molecule has 2 aromatic rings. The van der Waals surface area contributed by atoms with E-state index in [1.165, 1.54) is 11.8 Å². The molecule has 0 atom stereocenters. The van der Waals surface area contributed by atoms with E-state index in [2.05, 4.69) is 27.1 Å². The number of hydrogen-bond acceptors (Lipinski definition) is 5. The normalized spacial score (nSPS) is 15.0.